The molecule has 72 valence electrons. The van der Waals surface area contributed by atoms with Crippen LogP contribution in [-0.4, -0.2) is 43.8 Å². The Kier molecular flexibility index (Phi) is 3.98. The van der Waals surface area contributed by atoms with Crippen LogP contribution < -0.4 is 5.73 Å². The van der Waals surface area contributed by atoms with E-state index in [4.69, 9.17) is 10.5 Å². The van der Waals surface area contributed by atoms with Gasteiger partial charge in [0.1, 0.15) is 0 Å². The number of nitrogens with zero attached hydrogens (tertiary/aromatic N) is 1. The summed E-state index contributed by atoms with van der Waals surface area (Å²) < 4.78 is 5.63. The Morgan fingerprint density at radius 1 is 1.58 bits per heavy atom. The molecule has 0 bridgehead atoms. The van der Waals surface area contributed by atoms with Crippen LogP contribution in [0.25, 0.3) is 0 Å². The Labute approximate surface area is 74.9 Å². The molecular weight excluding hydrogens is 152 g/mol. The average Bonchev–Trinajstić information content (AvgIpc) is 2.05. The molecule has 0 aromatic heterocycles. The maximum absolute atomic E-state index is 5.63. The monoisotopic (exact) mass is 172 g/mol. The van der Waals surface area contributed by atoms with E-state index in [9.17, 15) is 0 Å². The molecule has 1 saturated heterocycles. The number of hydrogen-bond donors (Lipinski definition) is 1. The van der Waals surface area contributed by atoms with E-state index in [0.717, 1.165) is 32.8 Å². The van der Waals surface area contributed by atoms with E-state index in [-0.39, 0.29) is 0 Å². The predicted octanol–water partition coefficient (Wildman–Crippen LogP) is 0.302. The minimum atomic E-state index is 0.408. The summed E-state index contributed by atoms with van der Waals surface area (Å²) in [7, 11) is 0. The van der Waals surface area contributed by atoms with Crippen molar-refractivity contribution >= 4 is 0 Å². The van der Waals surface area contributed by atoms with Gasteiger partial charge < -0.3 is 10.5 Å². The fourth-order valence-corrected chi connectivity index (χ4v) is 1.52. The summed E-state index contributed by atoms with van der Waals surface area (Å²) in [5.41, 5.74) is 5.50. The molecule has 0 aromatic rings. The second-order valence-electron chi connectivity index (χ2n) is 3.74. The molecular formula is C9H20N2O. The van der Waals surface area contributed by atoms with Crippen molar-refractivity contribution in [3.63, 3.8) is 0 Å². The Balaban J connectivity index is 2.30. The van der Waals surface area contributed by atoms with E-state index >= 15 is 0 Å². The summed E-state index contributed by atoms with van der Waals surface area (Å²) in [5.74, 6) is 0.616. The topological polar surface area (TPSA) is 38.5 Å². The van der Waals surface area contributed by atoms with Crippen LogP contribution in [0.15, 0.2) is 0 Å². The molecule has 2 N–H and O–H groups in total. The molecule has 3 nitrogen and oxygen atoms in total. The van der Waals surface area contributed by atoms with Gasteiger partial charge in [0.15, 0.2) is 0 Å². The van der Waals surface area contributed by atoms with Crippen molar-refractivity contribution in [3.05, 3.63) is 0 Å². The second-order valence-corrected chi connectivity index (χ2v) is 3.74. The van der Waals surface area contributed by atoms with Gasteiger partial charge in [-0.05, 0) is 5.92 Å². The van der Waals surface area contributed by atoms with Gasteiger partial charge in [-0.1, -0.05) is 13.8 Å². The van der Waals surface area contributed by atoms with Crippen LogP contribution in [0.4, 0.5) is 0 Å². The van der Waals surface area contributed by atoms with Crippen LogP contribution in [-0.2, 0) is 4.74 Å². The summed E-state index contributed by atoms with van der Waals surface area (Å²) in [5, 5.41) is 0. The van der Waals surface area contributed by atoms with Crippen LogP contribution in [0, 0.1) is 5.92 Å². The molecule has 0 aliphatic carbocycles. The Morgan fingerprint density at radius 2 is 2.33 bits per heavy atom. The first-order valence-corrected chi connectivity index (χ1v) is 4.78. The second kappa shape index (κ2) is 4.80. The van der Waals surface area contributed by atoms with E-state index < -0.39 is 0 Å². The SMILES string of the molecule is CC(C)[C@H]1CN(CCN)CCO1. The third-order valence-corrected chi connectivity index (χ3v) is 2.37. The Hall–Kier alpha value is -0.120. The van der Waals surface area contributed by atoms with Crippen molar-refractivity contribution < 1.29 is 4.74 Å². The minimum Gasteiger partial charge on any atom is -0.375 e. The van der Waals surface area contributed by atoms with E-state index in [1.807, 2.05) is 0 Å². The third-order valence-electron chi connectivity index (χ3n) is 2.37. The van der Waals surface area contributed by atoms with Crippen molar-refractivity contribution in [1.82, 2.24) is 4.90 Å². The molecule has 0 spiro atoms. The van der Waals surface area contributed by atoms with Gasteiger partial charge in [-0.3, -0.25) is 4.90 Å². The number of hydrogen-bond acceptors (Lipinski definition) is 3. The molecule has 0 unspecified atom stereocenters. The molecule has 1 aliphatic rings. The molecule has 1 fully saturated rings. The number of nitrogens with two attached hydrogens (primary N) is 1. The van der Waals surface area contributed by atoms with Gasteiger partial charge in [-0.2, -0.15) is 0 Å². The highest BCUT2D eigenvalue weighted by molar-refractivity contribution is 4.73. The van der Waals surface area contributed by atoms with Gasteiger partial charge in [-0.15, -0.1) is 0 Å². The molecule has 1 atom stereocenters. The quantitative estimate of drug-likeness (QED) is 0.665. The van der Waals surface area contributed by atoms with E-state index in [0.29, 0.717) is 12.0 Å². The van der Waals surface area contributed by atoms with E-state index in [2.05, 4.69) is 18.7 Å². The lowest BCUT2D eigenvalue weighted by Crippen LogP contribution is -2.46. The lowest BCUT2D eigenvalue weighted by Gasteiger charge is -2.34. The van der Waals surface area contributed by atoms with Gasteiger partial charge in [0.25, 0.3) is 0 Å². The molecule has 3 heteroatoms. The zero-order valence-corrected chi connectivity index (χ0v) is 8.12. The van der Waals surface area contributed by atoms with Crippen molar-refractivity contribution in [2.45, 2.75) is 20.0 Å². The zero-order chi connectivity index (χ0) is 8.97. The molecule has 0 saturated carbocycles. The first kappa shape index (κ1) is 9.96. The van der Waals surface area contributed by atoms with Crippen LogP contribution in [0.3, 0.4) is 0 Å². The van der Waals surface area contributed by atoms with Crippen molar-refractivity contribution in [3.8, 4) is 0 Å². The first-order chi connectivity index (χ1) is 5.74. The van der Waals surface area contributed by atoms with Gasteiger partial charge in [-0.25, -0.2) is 0 Å². The van der Waals surface area contributed by atoms with Crippen molar-refractivity contribution in [2.24, 2.45) is 11.7 Å². The van der Waals surface area contributed by atoms with Gasteiger partial charge in [0.05, 0.1) is 12.7 Å². The lowest BCUT2D eigenvalue weighted by molar-refractivity contribution is -0.0493. The molecule has 1 rings (SSSR count). The smallest absolute Gasteiger partial charge is 0.0725 e. The zero-order valence-electron chi connectivity index (χ0n) is 8.12. The fraction of sp³-hybridized carbons (Fsp3) is 1.00. The van der Waals surface area contributed by atoms with Gasteiger partial charge in [0, 0.05) is 26.2 Å². The fourth-order valence-electron chi connectivity index (χ4n) is 1.52. The van der Waals surface area contributed by atoms with Crippen LogP contribution in [0.5, 0.6) is 0 Å². The number of ether oxygens (including phenoxy) is 1. The summed E-state index contributed by atoms with van der Waals surface area (Å²) in [6.07, 6.45) is 0.408. The third kappa shape index (κ3) is 2.73. The van der Waals surface area contributed by atoms with Gasteiger partial charge >= 0.3 is 0 Å². The Bertz CT molecular complexity index is 126. The van der Waals surface area contributed by atoms with Crippen LogP contribution >= 0.6 is 0 Å². The van der Waals surface area contributed by atoms with E-state index in [1.165, 1.54) is 0 Å². The average molecular weight is 172 g/mol. The number of morpholine rings is 1. The molecule has 0 aromatic carbocycles. The Morgan fingerprint density at radius 3 is 2.92 bits per heavy atom. The number of rotatable bonds is 3. The summed E-state index contributed by atoms with van der Waals surface area (Å²) in [6, 6.07) is 0. The highest BCUT2D eigenvalue weighted by Crippen LogP contribution is 2.12. The molecule has 1 aliphatic heterocycles. The highest BCUT2D eigenvalue weighted by Gasteiger charge is 2.21. The largest absolute Gasteiger partial charge is 0.375 e. The van der Waals surface area contributed by atoms with Crippen molar-refractivity contribution in [2.75, 3.05) is 32.8 Å². The summed E-state index contributed by atoms with van der Waals surface area (Å²) >= 11 is 0. The minimum absolute atomic E-state index is 0.408. The molecule has 0 radical (unpaired) electrons. The lowest BCUT2D eigenvalue weighted by atomic mass is 10.1. The van der Waals surface area contributed by atoms with Crippen LogP contribution in [0.1, 0.15) is 13.8 Å². The normalized spacial score (nSPS) is 26.5. The maximum Gasteiger partial charge on any atom is 0.0725 e. The molecule has 1 heterocycles. The van der Waals surface area contributed by atoms with E-state index in [1.54, 1.807) is 0 Å². The summed E-state index contributed by atoms with van der Waals surface area (Å²) in [4.78, 5) is 2.38. The maximum atomic E-state index is 5.63. The first-order valence-electron chi connectivity index (χ1n) is 4.78. The van der Waals surface area contributed by atoms with Crippen molar-refractivity contribution in [1.29, 1.82) is 0 Å². The highest BCUT2D eigenvalue weighted by atomic mass is 16.5. The summed E-state index contributed by atoms with van der Waals surface area (Å²) in [6.45, 7) is 9.13. The van der Waals surface area contributed by atoms with Crippen LogP contribution in [0.2, 0.25) is 0 Å². The molecule has 12 heavy (non-hydrogen) atoms. The van der Waals surface area contributed by atoms with Gasteiger partial charge in [0.2, 0.25) is 0 Å². The predicted molar refractivity (Wildman–Crippen MR) is 50.1 cm³/mol. The molecule has 0 amide bonds. The standard InChI is InChI=1S/C9H20N2O/c1-8(2)9-7-11(4-3-10)5-6-12-9/h8-9H,3-7,10H2,1-2H3/t9-/m1/s1.